The van der Waals surface area contributed by atoms with Crippen molar-refractivity contribution in [2.24, 2.45) is 0 Å². The number of nitrogens with zero attached hydrogens (tertiary/aromatic N) is 3. The molecule has 1 saturated heterocycles. The molecule has 7 heteroatoms. The summed E-state index contributed by atoms with van der Waals surface area (Å²) in [4.78, 5) is 30.6. The number of likely N-dealkylation sites (tertiary alicyclic amines) is 1. The number of imidazole rings is 1. The van der Waals surface area contributed by atoms with Crippen molar-refractivity contribution in [2.75, 3.05) is 13.1 Å². The molecule has 2 aromatic heterocycles. The van der Waals surface area contributed by atoms with Gasteiger partial charge in [0.2, 0.25) is 0 Å². The smallest absolute Gasteiger partial charge is 0.326 e. The van der Waals surface area contributed by atoms with Crippen molar-refractivity contribution in [1.82, 2.24) is 19.0 Å². The molecule has 0 bridgehead atoms. The van der Waals surface area contributed by atoms with E-state index in [2.05, 4.69) is 4.98 Å². The van der Waals surface area contributed by atoms with Crippen LogP contribution in [0.5, 0.6) is 0 Å². The molecule has 31 heavy (non-hydrogen) atoms. The van der Waals surface area contributed by atoms with E-state index in [-0.39, 0.29) is 29.5 Å². The van der Waals surface area contributed by atoms with Gasteiger partial charge in [-0.1, -0.05) is 12.1 Å². The summed E-state index contributed by atoms with van der Waals surface area (Å²) in [6, 6.07) is 12.4. The van der Waals surface area contributed by atoms with Gasteiger partial charge in [-0.05, 0) is 57.0 Å². The fourth-order valence-electron chi connectivity index (χ4n) is 4.76. The van der Waals surface area contributed by atoms with Crippen LogP contribution in [-0.4, -0.2) is 38.0 Å². The number of nitrogens with one attached hydrogen (secondary N) is 1. The number of amides is 1. The third kappa shape index (κ3) is 3.24. The highest BCUT2D eigenvalue weighted by Gasteiger charge is 2.28. The lowest BCUT2D eigenvalue weighted by Gasteiger charge is -2.32. The minimum atomic E-state index is -0.309. The highest BCUT2D eigenvalue weighted by Crippen LogP contribution is 2.29. The van der Waals surface area contributed by atoms with Crippen molar-refractivity contribution in [1.29, 1.82) is 0 Å². The van der Waals surface area contributed by atoms with Crippen molar-refractivity contribution in [2.45, 2.75) is 38.8 Å². The lowest BCUT2D eigenvalue weighted by molar-refractivity contribution is 0.0696. The van der Waals surface area contributed by atoms with Crippen LogP contribution in [0.15, 0.2) is 53.5 Å². The summed E-state index contributed by atoms with van der Waals surface area (Å²) in [6.07, 6.45) is 3.27. The molecular weight excluding hydrogens is 395 g/mol. The molecule has 0 aliphatic carbocycles. The zero-order valence-corrected chi connectivity index (χ0v) is 17.6. The molecule has 4 aromatic rings. The Hall–Kier alpha value is -3.35. The van der Waals surface area contributed by atoms with Crippen molar-refractivity contribution in [3.8, 4) is 0 Å². The second-order valence-corrected chi connectivity index (χ2v) is 8.55. The first kappa shape index (κ1) is 19.6. The lowest BCUT2D eigenvalue weighted by atomic mass is 10.0. The lowest BCUT2D eigenvalue weighted by Crippen LogP contribution is -2.40. The second-order valence-electron chi connectivity index (χ2n) is 8.55. The Labute approximate surface area is 178 Å². The number of hydrogen-bond acceptors (Lipinski definition) is 2. The van der Waals surface area contributed by atoms with Gasteiger partial charge in [0, 0.05) is 36.8 Å². The van der Waals surface area contributed by atoms with E-state index in [1.807, 2.05) is 58.3 Å². The molecule has 3 heterocycles. The number of aromatic amines is 1. The summed E-state index contributed by atoms with van der Waals surface area (Å²) < 4.78 is 17.6. The number of piperidine rings is 1. The fraction of sp³-hybridized carbons (Fsp3) is 0.333. The van der Waals surface area contributed by atoms with E-state index in [1.165, 1.54) is 12.1 Å². The highest BCUT2D eigenvalue weighted by molar-refractivity contribution is 6.07. The van der Waals surface area contributed by atoms with E-state index >= 15 is 0 Å². The second kappa shape index (κ2) is 7.41. The molecule has 1 aliphatic rings. The fourth-order valence-corrected chi connectivity index (χ4v) is 4.76. The summed E-state index contributed by atoms with van der Waals surface area (Å²) in [5, 5.41) is 0.773. The van der Waals surface area contributed by atoms with Crippen molar-refractivity contribution >= 4 is 27.8 Å². The van der Waals surface area contributed by atoms with Gasteiger partial charge in [-0.3, -0.25) is 9.36 Å². The van der Waals surface area contributed by atoms with Crippen LogP contribution >= 0.6 is 0 Å². The Kier molecular flexibility index (Phi) is 4.68. The number of fused-ring (bicyclic) bond motifs is 2. The number of H-pyrrole nitrogens is 1. The summed E-state index contributed by atoms with van der Waals surface area (Å²) in [5.74, 6) is -0.350. The summed E-state index contributed by atoms with van der Waals surface area (Å²) >= 11 is 0. The maximum atomic E-state index is 13.8. The van der Waals surface area contributed by atoms with E-state index in [4.69, 9.17) is 0 Å². The number of halogens is 1. The van der Waals surface area contributed by atoms with E-state index in [0.29, 0.717) is 31.5 Å². The molecule has 0 saturated carbocycles. The number of rotatable bonds is 3. The van der Waals surface area contributed by atoms with Gasteiger partial charge in [-0.25, -0.2) is 9.18 Å². The number of aromatic nitrogens is 3. The Morgan fingerprint density at radius 1 is 1.10 bits per heavy atom. The molecule has 5 rings (SSSR count). The topological polar surface area (TPSA) is 63.0 Å². The molecule has 2 aromatic carbocycles. The van der Waals surface area contributed by atoms with Gasteiger partial charge in [0.05, 0.1) is 22.1 Å². The number of carbonyl (C=O) groups is 1. The third-order valence-corrected chi connectivity index (χ3v) is 6.32. The van der Waals surface area contributed by atoms with Gasteiger partial charge in [-0.15, -0.1) is 0 Å². The predicted molar refractivity (Wildman–Crippen MR) is 119 cm³/mol. The van der Waals surface area contributed by atoms with Crippen LogP contribution in [0, 0.1) is 5.82 Å². The maximum absolute atomic E-state index is 13.8. The van der Waals surface area contributed by atoms with Gasteiger partial charge in [0.1, 0.15) is 5.82 Å². The molecule has 160 valence electrons. The Morgan fingerprint density at radius 2 is 1.84 bits per heavy atom. The van der Waals surface area contributed by atoms with Crippen LogP contribution in [0.4, 0.5) is 4.39 Å². The molecule has 1 N–H and O–H groups in total. The van der Waals surface area contributed by atoms with Crippen molar-refractivity contribution in [3.05, 3.63) is 70.5 Å². The summed E-state index contributed by atoms with van der Waals surface area (Å²) in [5.41, 5.74) is 2.97. The van der Waals surface area contributed by atoms with Crippen molar-refractivity contribution in [3.63, 3.8) is 0 Å². The van der Waals surface area contributed by atoms with E-state index < -0.39 is 0 Å². The summed E-state index contributed by atoms with van der Waals surface area (Å²) in [6.45, 7) is 5.18. The minimum absolute atomic E-state index is 0.0410. The number of hydrogen-bond donors (Lipinski definition) is 1. The molecule has 6 nitrogen and oxygen atoms in total. The SMILES string of the molecule is CC(C)n1cc(C(=O)N2CCC(n3c(=O)[nH]c4ccccc43)CC2)c2ccc(F)cc21. The number of para-hydroxylation sites is 2. The quantitative estimate of drug-likeness (QED) is 0.531. The molecule has 1 fully saturated rings. The van der Waals surface area contributed by atoms with Gasteiger partial charge in [0.25, 0.3) is 5.91 Å². The Morgan fingerprint density at radius 3 is 2.58 bits per heavy atom. The van der Waals surface area contributed by atoms with Crippen molar-refractivity contribution < 1.29 is 9.18 Å². The molecule has 0 spiro atoms. The normalized spacial score (nSPS) is 15.4. The molecule has 1 aliphatic heterocycles. The van der Waals surface area contributed by atoms with Crippen LogP contribution < -0.4 is 5.69 Å². The van der Waals surface area contributed by atoms with Crippen LogP contribution in [0.25, 0.3) is 21.9 Å². The van der Waals surface area contributed by atoms with Crippen LogP contribution in [0.1, 0.15) is 49.1 Å². The van der Waals surface area contributed by atoms with Gasteiger partial charge in [-0.2, -0.15) is 0 Å². The van der Waals surface area contributed by atoms with Crippen LogP contribution in [0.2, 0.25) is 0 Å². The van der Waals surface area contributed by atoms with Gasteiger partial charge < -0.3 is 14.5 Å². The molecule has 0 radical (unpaired) electrons. The average Bonchev–Trinajstić information content (AvgIpc) is 3.30. The Bertz CT molecular complexity index is 1340. The molecular formula is C24H25FN4O2. The number of carbonyl (C=O) groups excluding carboxylic acids is 1. The average molecular weight is 420 g/mol. The number of benzene rings is 2. The molecule has 0 atom stereocenters. The van der Waals surface area contributed by atoms with E-state index in [0.717, 1.165) is 21.9 Å². The largest absolute Gasteiger partial charge is 0.344 e. The monoisotopic (exact) mass is 420 g/mol. The van der Waals surface area contributed by atoms with E-state index in [1.54, 1.807) is 6.07 Å². The first-order valence-electron chi connectivity index (χ1n) is 10.7. The zero-order valence-electron chi connectivity index (χ0n) is 17.6. The van der Waals surface area contributed by atoms with Crippen LogP contribution in [-0.2, 0) is 0 Å². The van der Waals surface area contributed by atoms with Crippen LogP contribution in [0.3, 0.4) is 0 Å². The Balaban J connectivity index is 1.41. The highest BCUT2D eigenvalue weighted by atomic mass is 19.1. The molecule has 1 amide bonds. The first-order chi connectivity index (χ1) is 14.9. The predicted octanol–water partition coefficient (Wildman–Crippen LogP) is 4.48. The summed E-state index contributed by atoms with van der Waals surface area (Å²) in [7, 11) is 0. The minimum Gasteiger partial charge on any atom is -0.344 e. The van der Waals surface area contributed by atoms with Gasteiger partial charge in [0.15, 0.2) is 0 Å². The third-order valence-electron chi connectivity index (χ3n) is 6.32. The standard InChI is InChI=1S/C24H25FN4O2/c1-15(2)28-14-19(18-8-7-16(25)13-22(18)28)23(30)27-11-9-17(10-12-27)29-21-6-4-3-5-20(21)26-24(29)31/h3-8,13-15,17H,9-12H2,1-2H3,(H,26,31). The maximum Gasteiger partial charge on any atom is 0.326 e. The van der Waals surface area contributed by atoms with Gasteiger partial charge >= 0.3 is 5.69 Å². The van der Waals surface area contributed by atoms with E-state index in [9.17, 15) is 14.0 Å². The first-order valence-corrected chi connectivity index (χ1v) is 10.7. The zero-order chi connectivity index (χ0) is 21.7. The molecule has 0 unspecified atom stereocenters.